The Morgan fingerprint density at radius 1 is 1.40 bits per heavy atom. The fourth-order valence-electron chi connectivity index (χ4n) is 2.74. The summed E-state index contributed by atoms with van der Waals surface area (Å²) in [6.45, 7) is 0.556. The fraction of sp³-hybridized carbons (Fsp3) is 0.909. The summed E-state index contributed by atoms with van der Waals surface area (Å²) in [6.07, 6.45) is 6.86. The van der Waals surface area contributed by atoms with Gasteiger partial charge in [0, 0.05) is 17.8 Å². The lowest BCUT2D eigenvalue weighted by atomic mass is 9.94. The van der Waals surface area contributed by atoms with E-state index < -0.39 is 6.10 Å². The Morgan fingerprint density at radius 2 is 2.13 bits per heavy atom. The van der Waals surface area contributed by atoms with Gasteiger partial charge in [0.2, 0.25) is 5.91 Å². The van der Waals surface area contributed by atoms with Crippen molar-refractivity contribution in [3.05, 3.63) is 0 Å². The fourth-order valence-corrected chi connectivity index (χ4v) is 3.74. The van der Waals surface area contributed by atoms with E-state index in [1.165, 1.54) is 19.3 Å². The van der Waals surface area contributed by atoms with Crippen molar-refractivity contribution in [3.8, 4) is 0 Å². The van der Waals surface area contributed by atoms with Crippen LogP contribution in [0.5, 0.6) is 0 Å². The predicted molar refractivity (Wildman–Crippen MR) is 61.9 cm³/mol. The van der Waals surface area contributed by atoms with Gasteiger partial charge in [-0.3, -0.25) is 4.79 Å². The minimum absolute atomic E-state index is 0.147. The maximum Gasteiger partial charge on any atom is 0.225 e. The number of aliphatic hydroxyl groups is 1. The standard InChI is InChI=1S/C11H19NO2S/c1-15-10-5-3-2-4-9(10)12-7-8(13)6-11(12)14/h8-10,13H,2-7H2,1H3. The molecule has 1 N–H and O–H groups in total. The molecule has 1 amide bonds. The van der Waals surface area contributed by atoms with Gasteiger partial charge in [0.05, 0.1) is 12.5 Å². The van der Waals surface area contributed by atoms with Gasteiger partial charge in [-0.05, 0) is 19.1 Å². The monoisotopic (exact) mass is 229 g/mol. The molecule has 3 atom stereocenters. The maximum absolute atomic E-state index is 11.7. The molecule has 1 aliphatic carbocycles. The Bertz CT molecular complexity index is 247. The molecule has 3 nitrogen and oxygen atoms in total. The molecule has 2 aliphatic rings. The number of aliphatic hydroxyl groups excluding tert-OH is 1. The molecule has 1 saturated heterocycles. The Balaban J connectivity index is 2.04. The van der Waals surface area contributed by atoms with Crippen LogP contribution in [0.15, 0.2) is 0 Å². The van der Waals surface area contributed by atoms with Crippen LogP contribution < -0.4 is 0 Å². The van der Waals surface area contributed by atoms with Crippen LogP contribution in [0.1, 0.15) is 32.1 Å². The van der Waals surface area contributed by atoms with E-state index >= 15 is 0 Å². The lowest BCUT2D eigenvalue weighted by Crippen LogP contribution is -2.45. The summed E-state index contributed by atoms with van der Waals surface area (Å²) in [5.74, 6) is 0.147. The van der Waals surface area contributed by atoms with Crippen molar-refractivity contribution >= 4 is 17.7 Å². The third-order valence-electron chi connectivity index (χ3n) is 3.51. The van der Waals surface area contributed by atoms with Gasteiger partial charge in [0.25, 0.3) is 0 Å². The number of rotatable bonds is 2. The molecule has 86 valence electrons. The van der Waals surface area contributed by atoms with Gasteiger partial charge in [-0.1, -0.05) is 12.8 Å². The van der Waals surface area contributed by atoms with Crippen LogP contribution >= 0.6 is 11.8 Å². The number of carbonyl (C=O) groups excluding carboxylic acids is 1. The van der Waals surface area contributed by atoms with E-state index in [1.54, 1.807) is 0 Å². The molecule has 0 aromatic rings. The van der Waals surface area contributed by atoms with Gasteiger partial charge in [-0.15, -0.1) is 0 Å². The average Bonchev–Trinajstić information content (AvgIpc) is 2.57. The van der Waals surface area contributed by atoms with Crippen LogP contribution in [0.3, 0.4) is 0 Å². The highest BCUT2D eigenvalue weighted by atomic mass is 32.2. The van der Waals surface area contributed by atoms with Gasteiger partial charge in [0.1, 0.15) is 0 Å². The van der Waals surface area contributed by atoms with E-state index in [-0.39, 0.29) is 5.91 Å². The molecule has 0 aromatic heterocycles. The van der Waals surface area contributed by atoms with Crippen LogP contribution in [0, 0.1) is 0 Å². The first kappa shape index (κ1) is 11.3. The van der Waals surface area contributed by atoms with Crippen molar-refractivity contribution in [1.29, 1.82) is 0 Å². The number of β-amino-alcohol motifs (C(OH)–C–C–N with tert-alkyl or cyclic N) is 1. The zero-order chi connectivity index (χ0) is 10.8. The van der Waals surface area contributed by atoms with E-state index in [2.05, 4.69) is 6.26 Å². The SMILES string of the molecule is CSC1CCCCC1N1CC(O)CC1=O. The first-order valence-electron chi connectivity index (χ1n) is 5.72. The van der Waals surface area contributed by atoms with Crippen molar-refractivity contribution in [2.45, 2.75) is 49.5 Å². The molecule has 1 heterocycles. The number of carbonyl (C=O) groups is 1. The summed E-state index contributed by atoms with van der Waals surface area (Å²) in [4.78, 5) is 13.6. The second kappa shape index (κ2) is 4.74. The van der Waals surface area contributed by atoms with Crippen molar-refractivity contribution in [2.75, 3.05) is 12.8 Å². The molecule has 1 saturated carbocycles. The highest BCUT2D eigenvalue weighted by molar-refractivity contribution is 7.99. The molecule has 2 fully saturated rings. The number of likely N-dealkylation sites (tertiary alicyclic amines) is 1. The summed E-state index contributed by atoms with van der Waals surface area (Å²) in [6, 6.07) is 0.374. The zero-order valence-corrected chi connectivity index (χ0v) is 10.0. The first-order valence-corrected chi connectivity index (χ1v) is 7.01. The number of amides is 1. The molecular weight excluding hydrogens is 210 g/mol. The third kappa shape index (κ3) is 2.31. The molecule has 0 radical (unpaired) electrons. The van der Waals surface area contributed by atoms with Crippen molar-refractivity contribution in [3.63, 3.8) is 0 Å². The summed E-state index contributed by atoms with van der Waals surface area (Å²) in [5, 5.41) is 10.1. The minimum atomic E-state index is -0.429. The minimum Gasteiger partial charge on any atom is -0.391 e. The van der Waals surface area contributed by atoms with Crippen LogP contribution in [0.2, 0.25) is 0 Å². The highest BCUT2D eigenvalue weighted by Gasteiger charge is 2.37. The molecular formula is C11H19NO2S. The Kier molecular flexibility index (Phi) is 3.57. The van der Waals surface area contributed by atoms with Gasteiger partial charge < -0.3 is 10.0 Å². The van der Waals surface area contributed by atoms with Crippen LogP contribution in [0.4, 0.5) is 0 Å². The highest BCUT2D eigenvalue weighted by Crippen LogP contribution is 2.32. The molecule has 15 heavy (non-hydrogen) atoms. The molecule has 0 bridgehead atoms. The molecule has 0 aromatic carbocycles. The van der Waals surface area contributed by atoms with Crippen LogP contribution in [0.25, 0.3) is 0 Å². The smallest absolute Gasteiger partial charge is 0.225 e. The van der Waals surface area contributed by atoms with E-state index in [9.17, 15) is 9.90 Å². The number of hydrogen-bond donors (Lipinski definition) is 1. The van der Waals surface area contributed by atoms with Crippen molar-refractivity contribution < 1.29 is 9.90 Å². The quantitative estimate of drug-likeness (QED) is 0.775. The van der Waals surface area contributed by atoms with Gasteiger partial charge in [-0.2, -0.15) is 11.8 Å². The number of hydrogen-bond acceptors (Lipinski definition) is 3. The Hall–Kier alpha value is -0.220. The molecule has 3 unspecified atom stereocenters. The predicted octanol–water partition coefficient (Wildman–Crippen LogP) is 1.25. The number of nitrogens with zero attached hydrogens (tertiary/aromatic N) is 1. The molecule has 0 spiro atoms. The lowest BCUT2D eigenvalue weighted by molar-refractivity contribution is -0.130. The summed E-state index contributed by atoms with van der Waals surface area (Å²) in [5.41, 5.74) is 0. The van der Waals surface area contributed by atoms with E-state index in [0.29, 0.717) is 24.3 Å². The lowest BCUT2D eigenvalue weighted by Gasteiger charge is -2.37. The van der Waals surface area contributed by atoms with E-state index in [0.717, 1.165) is 6.42 Å². The van der Waals surface area contributed by atoms with Gasteiger partial charge >= 0.3 is 0 Å². The Morgan fingerprint density at radius 3 is 2.73 bits per heavy atom. The summed E-state index contributed by atoms with van der Waals surface area (Å²) < 4.78 is 0. The van der Waals surface area contributed by atoms with E-state index in [4.69, 9.17) is 0 Å². The summed E-state index contributed by atoms with van der Waals surface area (Å²) >= 11 is 1.87. The van der Waals surface area contributed by atoms with Crippen molar-refractivity contribution in [2.24, 2.45) is 0 Å². The number of thioether (sulfide) groups is 1. The topological polar surface area (TPSA) is 40.5 Å². The average molecular weight is 229 g/mol. The Labute approximate surface area is 95.2 Å². The van der Waals surface area contributed by atoms with E-state index in [1.807, 2.05) is 16.7 Å². The van der Waals surface area contributed by atoms with Gasteiger partial charge in [0.15, 0.2) is 0 Å². The second-order valence-electron chi connectivity index (χ2n) is 4.53. The normalized spacial score (nSPS) is 37.3. The summed E-state index contributed by atoms with van der Waals surface area (Å²) in [7, 11) is 0. The second-order valence-corrected chi connectivity index (χ2v) is 5.61. The largest absolute Gasteiger partial charge is 0.391 e. The van der Waals surface area contributed by atoms with Crippen molar-refractivity contribution in [1.82, 2.24) is 4.90 Å². The maximum atomic E-state index is 11.7. The van der Waals surface area contributed by atoms with Gasteiger partial charge in [-0.25, -0.2) is 0 Å². The van der Waals surface area contributed by atoms with Crippen LogP contribution in [-0.2, 0) is 4.79 Å². The molecule has 1 aliphatic heterocycles. The van der Waals surface area contributed by atoms with Crippen LogP contribution in [-0.4, -0.2) is 46.1 Å². The first-order chi connectivity index (χ1) is 7.22. The molecule has 2 rings (SSSR count). The molecule has 4 heteroatoms. The zero-order valence-electron chi connectivity index (χ0n) is 9.19. The third-order valence-corrected chi connectivity index (χ3v) is 4.66.